The van der Waals surface area contributed by atoms with Crippen LogP contribution in [-0.2, 0) is 24.2 Å². The number of carbonyl (C=O) groups is 1. The van der Waals surface area contributed by atoms with Gasteiger partial charge in [0, 0.05) is 6.07 Å². The van der Waals surface area contributed by atoms with E-state index in [1.54, 1.807) is 6.07 Å². The molecule has 0 atom stereocenters. The lowest BCUT2D eigenvalue weighted by molar-refractivity contribution is -0.117. The van der Waals surface area contributed by atoms with E-state index in [1.807, 2.05) is 24.3 Å². The molecule has 128 valence electrons. The third-order valence-electron chi connectivity index (χ3n) is 4.46. The zero-order valence-electron chi connectivity index (χ0n) is 13.8. The van der Waals surface area contributed by atoms with Crippen molar-refractivity contribution in [3.8, 4) is 0 Å². The maximum atomic E-state index is 12.3. The van der Waals surface area contributed by atoms with Gasteiger partial charge in [-0.05, 0) is 43.4 Å². The van der Waals surface area contributed by atoms with Gasteiger partial charge in [-0.15, -0.1) is 0 Å². The second kappa shape index (κ2) is 6.51. The molecule has 3 aromatic rings. The van der Waals surface area contributed by atoms with Gasteiger partial charge in [-0.3, -0.25) is 14.9 Å². The predicted molar refractivity (Wildman–Crippen MR) is 94.5 cm³/mol. The third kappa shape index (κ3) is 3.31. The third-order valence-corrected chi connectivity index (χ3v) is 4.46. The van der Waals surface area contributed by atoms with Crippen molar-refractivity contribution in [3.05, 3.63) is 51.9 Å². The number of para-hydroxylation sites is 2. The van der Waals surface area contributed by atoms with E-state index in [0.717, 1.165) is 54.4 Å². The van der Waals surface area contributed by atoms with Gasteiger partial charge in [0.05, 0.1) is 16.7 Å². The molecule has 2 aromatic heterocycles. The fourth-order valence-corrected chi connectivity index (χ4v) is 3.21. The van der Waals surface area contributed by atoms with E-state index >= 15 is 0 Å². The summed E-state index contributed by atoms with van der Waals surface area (Å²) < 4.78 is 1.24. The normalized spacial score (nSPS) is 14.1. The summed E-state index contributed by atoms with van der Waals surface area (Å²) in [6.07, 6.45) is 5.07. The zero-order chi connectivity index (χ0) is 17.2. The van der Waals surface area contributed by atoms with Crippen LogP contribution in [0, 0.1) is 0 Å². The van der Waals surface area contributed by atoms with Gasteiger partial charge in [-0.25, -0.2) is 9.67 Å². The van der Waals surface area contributed by atoms with Crippen molar-refractivity contribution in [2.45, 2.75) is 38.6 Å². The molecule has 0 bridgehead atoms. The van der Waals surface area contributed by atoms with E-state index in [9.17, 15) is 9.59 Å². The number of hydrogen-bond donors (Lipinski definition) is 2. The molecule has 0 aliphatic heterocycles. The van der Waals surface area contributed by atoms with Crippen LogP contribution in [0.1, 0.15) is 30.5 Å². The number of imidazole rings is 1. The van der Waals surface area contributed by atoms with Crippen molar-refractivity contribution in [3.63, 3.8) is 0 Å². The van der Waals surface area contributed by atoms with Crippen molar-refractivity contribution in [2.24, 2.45) is 0 Å². The average molecular weight is 337 g/mol. The predicted octanol–water partition coefficient (Wildman–Crippen LogP) is 2.03. The van der Waals surface area contributed by atoms with E-state index in [-0.39, 0.29) is 18.0 Å². The first-order valence-corrected chi connectivity index (χ1v) is 8.53. The molecule has 0 spiro atoms. The van der Waals surface area contributed by atoms with Gasteiger partial charge in [-0.1, -0.05) is 18.6 Å². The van der Waals surface area contributed by atoms with E-state index in [0.29, 0.717) is 5.95 Å². The molecule has 0 saturated carbocycles. The van der Waals surface area contributed by atoms with Crippen LogP contribution >= 0.6 is 0 Å². The lowest BCUT2D eigenvalue weighted by Gasteiger charge is -2.09. The smallest absolute Gasteiger partial charge is 0.267 e. The van der Waals surface area contributed by atoms with Gasteiger partial charge in [0.15, 0.2) is 0 Å². The van der Waals surface area contributed by atoms with Crippen molar-refractivity contribution >= 4 is 22.9 Å². The molecule has 0 unspecified atom stereocenters. The SMILES string of the molecule is O=C(Cn1nc2c(cc1=O)CCCCC2)Nc1nc2ccccc2[nH]1. The van der Waals surface area contributed by atoms with Gasteiger partial charge < -0.3 is 4.98 Å². The molecular weight excluding hydrogens is 318 g/mol. The zero-order valence-corrected chi connectivity index (χ0v) is 13.8. The number of hydrogen-bond acceptors (Lipinski definition) is 4. The highest BCUT2D eigenvalue weighted by Gasteiger charge is 2.14. The molecule has 25 heavy (non-hydrogen) atoms. The first-order valence-electron chi connectivity index (χ1n) is 8.53. The van der Waals surface area contributed by atoms with Crippen LogP contribution in [0.5, 0.6) is 0 Å². The second-order valence-corrected chi connectivity index (χ2v) is 6.32. The number of anilines is 1. The highest BCUT2D eigenvalue weighted by Crippen LogP contribution is 2.17. The van der Waals surface area contributed by atoms with E-state index in [4.69, 9.17) is 0 Å². The first kappa shape index (κ1) is 15.6. The summed E-state index contributed by atoms with van der Waals surface area (Å²) in [6, 6.07) is 9.15. The Morgan fingerprint density at radius 3 is 2.92 bits per heavy atom. The van der Waals surface area contributed by atoms with Crippen LogP contribution in [0.2, 0.25) is 0 Å². The van der Waals surface area contributed by atoms with Crippen LogP contribution < -0.4 is 10.9 Å². The van der Waals surface area contributed by atoms with E-state index in [2.05, 4.69) is 20.4 Å². The number of aromatic nitrogens is 4. The summed E-state index contributed by atoms with van der Waals surface area (Å²) >= 11 is 0. The largest absolute Gasteiger partial charge is 0.324 e. The van der Waals surface area contributed by atoms with Crippen LogP contribution in [-0.4, -0.2) is 25.7 Å². The summed E-state index contributed by atoms with van der Waals surface area (Å²) in [5, 5.41) is 7.10. The Bertz CT molecular complexity index is 956. The number of aromatic amines is 1. The molecule has 0 radical (unpaired) electrons. The number of carbonyl (C=O) groups excluding carboxylic acids is 1. The van der Waals surface area contributed by atoms with Crippen LogP contribution in [0.4, 0.5) is 5.95 Å². The van der Waals surface area contributed by atoms with Crippen LogP contribution in [0.25, 0.3) is 11.0 Å². The molecule has 1 aliphatic carbocycles. The van der Waals surface area contributed by atoms with Crippen molar-refractivity contribution < 1.29 is 4.79 Å². The molecular formula is C18H19N5O2. The second-order valence-electron chi connectivity index (χ2n) is 6.32. The fraction of sp³-hybridized carbons (Fsp3) is 0.333. The number of nitrogens with zero attached hydrogens (tertiary/aromatic N) is 3. The lowest BCUT2D eigenvalue weighted by atomic mass is 10.1. The summed E-state index contributed by atoms with van der Waals surface area (Å²) in [7, 11) is 0. The molecule has 1 aliphatic rings. The van der Waals surface area contributed by atoms with Crippen molar-refractivity contribution in [1.82, 2.24) is 19.7 Å². The molecule has 0 fully saturated rings. The number of amides is 1. The Labute approximate surface area is 144 Å². The van der Waals surface area contributed by atoms with E-state index in [1.165, 1.54) is 4.68 Å². The van der Waals surface area contributed by atoms with Crippen LogP contribution in [0.15, 0.2) is 35.1 Å². The summed E-state index contributed by atoms with van der Waals surface area (Å²) in [6.45, 7) is -0.122. The number of benzene rings is 1. The molecule has 1 aromatic carbocycles. The Morgan fingerprint density at radius 1 is 1.20 bits per heavy atom. The Balaban J connectivity index is 1.52. The van der Waals surface area contributed by atoms with Gasteiger partial charge in [-0.2, -0.15) is 5.10 Å². The van der Waals surface area contributed by atoms with Gasteiger partial charge in [0.2, 0.25) is 11.9 Å². The molecule has 0 saturated heterocycles. The monoisotopic (exact) mass is 337 g/mol. The quantitative estimate of drug-likeness (QED) is 0.715. The highest BCUT2D eigenvalue weighted by atomic mass is 16.2. The van der Waals surface area contributed by atoms with Crippen molar-refractivity contribution in [2.75, 3.05) is 5.32 Å². The Hall–Kier alpha value is -2.96. The Kier molecular flexibility index (Phi) is 4.05. The van der Waals surface area contributed by atoms with Gasteiger partial charge >= 0.3 is 0 Å². The van der Waals surface area contributed by atoms with Crippen molar-refractivity contribution in [1.29, 1.82) is 0 Å². The van der Waals surface area contributed by atoms with Crippen LogP contribution in [0.3, 0.4) is 0 Å². The van der Waals surface area contributed by atoms with Gasteiger partial charge in [0.1, 0.15) is 6.54 Å². The lowest BCUT2D eigenvalue weighted by Crippen LogP contribution is -2.31. The maximum Gasteiger partial charge on any atom is 0.267 e. The van der Waals surface area contributed by atoms with E-state index < -0.39 is 0 Å². The fourth-order valence-electron chi connectivity index (χ4n) is 3.21. The minimum atomic E-state index is -0.331. The summed E-state index contributed by atoms with van der Waals surface area (Å²) in [5.74, 6) is 0.0382. The number of rotatable bonds is 3. The highest BCUT2D eigenvalue weighted by molar-refractivity contribution is 5.90. The molecule has 7 nitrogen and oxygen atoms in total. The summed E-state index contributed by atoms with van der Waals surface area (Å²) in [4.78, 5) is 31.8. The number of fused-ring (bicyclic) bond motifs is 2. The minimum Gasteiger partial charge on any atom is -0.324 e. The Morgan fingerprint density at radius 2 is 2.04 bits per heavy atom. The molecule has 2 heterocycles. The van der Waals surface area contributed by atoms with Gasteiger partial charge in [0.25, 0.3) is 5.56 Å². The number of nitrogens with one attached hydrogen (secondary N) is 2. The molecule has 4 rings (SSSR count). The molecule has 2 N–H and O–H groups in total. The number of H-pyrrole nitrogens is 1. The maximum absolute atomic E-state index is 12.3. The average Bonchev–Trinajstić information content (AvgIpc) is 2.86. The molecule has 7 heteroatoms. The standard InChI is InChI=1S/C18H19N5O2/c24-16(21-18-19-14-8-4-5-9-15(14)20-18)11-23-17(25)10-12-6-2-1-3-7-13(12)22-23/h4-5,8-10H,1-3,6-7,11H2,(H2,19,20,21,24). The topological polar surface area (TPSA) is 92.7 Å². The number of aryl methyl sites for hydroxylation is 2. The minimum absolute atomic E-state index is 0.122. The summed E-state index contributed by atoms with van der Waals surface area (Å²) in [5.41, 5.74) is 3.35. The molecule has 1 amide bonds. The first-order chi connectivity index (χ1) is 12.2.